The van der Waals surface area contributed by atoms with Crippen LogP contribution in [0.15, 0.2) is 42.5 Å². The van der Waals surface area contributed by atoms with Crippen LogP contribution in [0.25, 0.3) is 0 Å². The molecular formula is C19H19NO6. The minimum Gasteiger partial charge on any atom is -0.466 e. The molecule has 5 atom stereocenters. The summed E-state index contributed by atoms with van der Waals surface area (Å²) in [6.07, 6.45) is 1.69. The molecule has 0 saturated carbocycles. The van der Waals surface area contributed by atoms with Gasteiger partial charge in [0.1, 0.15) is 17.4 Å². The molecule has 136 valence electrons. The van der Waals surface area contributed by atoms with Crippen molar-refractivity contribution in [3.05, 3.63) is 48.0 Å². The number of fused-ring (bicyclic) bond motifs is 1. The van der Waals surface area contributed by atoms with Crippen LogP contribution in [0.4, 0.5) is 0 Å². The Labute approximate surface area is 150 Å². The summed E-state index contributed by atoms with van der Waals surface area (Å²) >= 11 is 0. The van der Waals surface area contributed by atoms with Crippen molar-refractivity contribution >= 4 is 17.8 Å². The van der Waals surface area contributed by atoms with Crippen molar-refractivity contribution in [2.24, 2.45) is 11.8 Å². The van der Waals surface area contributed by atoms with E-state index in [1.807, 2.05) is 30.3 Å². The van der Waals surface area contributed by atoms with E-state index in [9.17, 15) is 14.4 Å². The average Bonchev–Trinajstić information content (AvgIpc) is 3.30. The van der Waals surface area contributed by atoms with E-state index in [1.165, 1.54) is 0 Å². The Kier molecular flexibility index (Phi) is 4.03. The van der Waals surface area contributed by atoms with Gasteiger partial charge in [0.15, 0.2) is 0 Å². The topological polar surface area (TPSA) is 90.9 Å². The summed E-state index contributed by atoms with van der Waals surface area (Å²) in [4.78, 5) is 37.4. The lowest BCUT2D eigenvalue weighted by Crippen LogP contribution is -2.50. The van der Waals surface area contributed by atoms with E-state index in [-0.39, 0.29) is 6.61 Å². The lowest BCUT2D eigenvalue weighted by molar-refractivity contribution is -0.160. The summed E-state index contributed by atoms with van der Waals surface area (Å²) in [6, 6.07) is 9.41. The van der Waals surface area contributed by atoms with Gasteiger partial charge in [-0.15, -0.1) is 0 Å². The molecule has 7 nitrogen and oxygen atoms in total. The predicted octanol–water partition coefficient (Wildman–Crippen LogP) is 0.731. The molecule has 4 rings (SSSR count). The largest absolute Gasteiger partial charge is 0.466 e. The van der Waals surface area contributed by atoms with Crippen LogP contribution in [-0.4, -0.2) is 42.3 Å². The van der Waals surface area contributed by atoms with Crippen molar-refractivity contribution in [3.63, 3.8) is 0 Å². The first kappa shape index (κ1) is 16.8. The van der Waals surface area contributed by atoms with E-state index in [0.717, 1.165) is 5.56 Å². The number of benzene rings is 1. The molecular weight excluding hydrogens is 338 g/mol. The fourth-order valence-corrected chi connectivity index (χ4v) is 3.97. The molecule has 1 amide bonds. The van der Waals surface area contributed by atoms with Crippen molar-refractivity contribution in [3.8, 4) is 0 Å². The Hall–Kier alpha value is -2.67. The first-order chi connectivity index (χ1) is 12.6. The third-order valence-electron chi connectivity index (χ3n) is 5.09. The lowest BCUT2D eigenvalue weighted by Gasteiger charge is -2.26. The summed E-state index contributed by atoms with van der Waals surface area (Å²) in [5.41, 5.74) is -0.309. The highest BCUT2D eigenvalue weighted by Gasteiger charge is 2.72. The highest BCUT2D eigenvalue weighted by atomic mass is 16.6. The van der Waals surface area contributed by atoms with Crippen LogP contribution < -0.4 is 5.32 Å². The third-order valence-corrected chi connectivity index (χ3v) is 5.09. The SMILES string of the molecule is CCOC(=O)[C@@H]1[C@@H]2C=C[C@]3(O2)[C@H](C(=O)NCc2ccccc2)OC(=O)[C@@H]13. The van der Waals surface area contributed by atoms with Crippen molar-refractivity contribution in [2.45, 2.75) is 31.3 Å². The number of amides is 1. The molecule has 2 fully saturated rings. The van der Waals surface area contributed by atoms with E-state index >= 15 is 0 Å². The number of rotatable bonds is 5. The smallest absolute Gasteiger partial charge is 0.314 e. The Morgan fingerprint density at radius 3 is 2.77 bits per heavy atom. The summed E-state index contributed by atoms with van der Waals surface area (Å²) < 4.78 is 16.3. The van der Waals surface area contributed by atoms with Crippen LogP contribution in [0.2, 0.25) is 0 Å². The second-order valence-electron chi connectivity index (χ2n) is 6.57. The number of hydrogen-bond donors (Lipinski definition) is 1. The van der Waals surface area contributed by atoms with Gasteiger partial charge in [-0.1, -0.05) is 36.4 Å². The van der Waals surface area contributed by atoms with Gasteiger partial charge in [0.2, 0.25) is 6.10 Å². The number of esters is 2. The Balaban J connectivity index is 1.53. The highest BCUT2D eigenvalue weighted by molar-refractivity contribution is 5.95. The molecule has 2 saturated heterocycles. The minimum absolute atomic E-state index is 0.210. The zero-order valence-corrected chi connectivity index (χ0v) is 14.2. The van der Waals surface area contributed by atoms with Gasteiger partial charge in [-0.25, -0.2) is 0 Å². The number of hydrogen-bond acceptors (Lipinski definition) is 6. The van der Waals surface area contributed by atoms with Gasteiger partial charge in [-0.3, -0.25) is 14.4 Å². The molecule has 1 aromatic rings. The molecule has 3 heterocycles. The second-order valence-corrected chi connectivity index (χ2v) is 6.57. The predicted molar refractivity (Wildman–Crippen MR) is 88.5 cm³/mol. The van der Waals surface area contributed by atoms with E-state index in [4.69, 9.17) is 14.2 Å². The van der Waals surface area contributed by atoms with E-state index in [2.05, 4.69) is 5.32 Å². The quantitative estimate of drug-likeness (QED) is 0.617. The Morgan fingerprint density at radius 2 is 2.04 bits per heavy atom. The van der Waals surface area contributed by atoms with Crippen LogP contribution in [0.5, 0.6) is 0 Å². The van der Waals surface area contributed by atoms with Gasteiger partial charge in [-0.2, -0.15) is 0 Å². The average molecular weight is 357 g/mol. The fourth-order valence-electron chi connectivity index (χ4n) is 3.97. The maximum Gasteiger partial charge on any atom is 0.314 e. The number of ether oxygens (including phenoxy) is 3. The Bertz CT molecular complexity index is 775. The summed E-state index contributed by atoms with van der Waals surface area (Å²) in [7, 11) is 0. The van der Waals surface area contributed by atoms with Gasteiger partial charge in [0.25, 0.3) is 5.91 Å². The van der Waals surface area contributed by atoms with Gasteiger partial charge in [0, 0.05) is 6.54 Å². The maximum atomic E-state index is 12.7. The second kappa shape index (κ2) is 6.25. The Morgan fingerprint density at radius 1 is 1.27 bits per heavy atom. The van der Waals surface area contributed by atoms with Crippen molar-refractivity contribution in [2.75, 3.05) is 6.61 Å². The summed E-state index contributed by atoms with van der Waals surface area (Å²) in [6.45, 7) is 2.22. The number of carbonyl (C=O) groups excluding carboxylic acids is 3. The third kappa shape index (κ3) is 2.42. The normalized spacial score (nSPS) is 33.7. The van der Waals surface area contributed by atoms with Crippen molar-refractivity contribution in [1.29, 1.82) is 0 Å². The molecule has 1 aromatic carbocycles. The van der Waals surface area contributed by atoms with Crippen LogP contribution in [-0.2, 0) is 35.1 Å². The van der Waals surface area contributed by atoms with Crippen molar-refractivity contribution in [1.82, 2.24) is 5.32 Å². The fraction of sp³-hybridized carbons (Fsp3) is 0.421. The monoisotopic (exact) mass is 357 g/mol. The summed E-state index contributed by atoms with van der Waals surface area (Å²) in [5.74, 6) is -3.19. The van der Waals surface area contributed by atoms with E-state index < -0.39 is 47.5 Å². The zero-order chi connectivity index (χ0) is 18.3. The van der Waals surface area contributed by atoms with Gasteiger partial charge >= 0.3 is 11.9 Å². The number of nitrogens with one attached hydrogen (secondary N) is 1. The molecule has 0 radical (unpaired) electrons. The molecule has 1 spiro atoms. The van der Waals surface area contributed by atoms with Crippen molar-refractivity contribution < 1.29 is 28.6 Å². The van der Waals surface area contributed by atoms with E-state index in [0.29, 0.717) is 6.54 Å². The van der Waals surface area contributed by atoms with E-state index in [1.54, 1.807) is 19.1 Å². The molecule has 0 unspecified atom stereocenters. The van der Waals surface area contributed by atoms with Crippen LogP contribution >= 0.6 is 0 Å². The first-order valence-electron chi connectivity index (χ1n) is 8.63. The molecule has 7 heteroatoms. The molecule has 3 aliphatic rings. The lowest BCUT2D eigenvalue weighted by atomic mass is 9.74. The molecule has 26 heavy (non-hydrogen) atoms. The molecule has 1 N–H and O–H groups in total. The zero-order valence-electron chi connectivity index (χ0n) is 14.2. The van der Waals surface area contributed by atoms with Crippen LogP contribution in [0, 0.1) is 11.8 Å². The van der Waals surface area contributed by atoms with Crippen LogP contribution in [0.3, 0.4) is 0 Å². The molecule has 2 bridgehead atoms. The van der Waals surface area contributed by atoms with Gasteiger partial charge in [0.05, 0.1) is 12.7 Å². The molecule has 3 aliphatic heterocycles. The maximum absolute atomic E-state index is 12.7. The van der Waals surface area contributed by atoms with Gasteiger partial charge in [-0.05, 0) is 18.6 Å². The molecule has 0 aliphatic carbocycles. The molecule has 0 aromatic heterocycles. The highest BCUT2D eigenvalue weighted by Crippen LogP contribution is 2.54. The number of cyclic esters (lactones) is 1. The number of carbonyl (C=O) groups is 3. The first-order valence-corrected chi connectivity index (χ1v) is 8.63. The minimum atomic E-state index is -1.24. The van der Waals surface area contributed by atoms with Crippen LogP contribution in [0.1, 0.15) is 12.5 Å². The summed E-state index contributed by atoms with van der Waals surface area (Å²) in [5, 5.41) is 2.77. The standard InChI is InChI=1S/C19H19NO6/c1-2-24-17(22)13-12-8-9-19(26-12)14(13)18(23)25-15(19)16(21)20-10-11-6-4-3-5-7-11/h3-9,12-15H,2,10H2,1H3,(H,20,21)/t12-,13+,14+,15-,19+/m0/s1. The van der Waals surface area contributed by atoms with Gasteiger partial charge < -0.3 is 19.5 Å².